The molecule has 2 N–H and O–H groups in total. The maximum absolute atomic E-state index is 11.6. The number of rotatable bonds is 5. The number of benzene rings is 3. The number of hydrogen-bond acceptors (Lipinski definition) is 6. The fraction of sp³-hybridized carbons (Fsp3) is 0.226. The topological polar surface area (TPSA) is 101 Å². The summed E-state index contributed by atoms with van der Waals surface area (Å²) in [5.41, 5.74) is 0.475. The van der Waals surface area contributed by atoms with Crippen molar-refractivity contribution in [2.75, 3.05) is 6.61 Å². The molecular weight excluding hydrogens is 478 g/mol. The number of fused-ring (bicyclic) bond motifs is 7. The van der Waals surface area contributed by atoms with E-state index in [2.05, 4.69) is 11.1 Å². The van der Waals surface area contributed by atoms with Gasteiger partial charge in [-0.15, -0.1) is 0 Å². The first-order chi connectivity index (χ1) is 18.5. The summed E-state index contributed by atoms with van der Waals surface area (Å²) in [5.74, 6) is 0.583. The summed E-state index contributed by atoms with van der Waals surface area (Å²) in [5, 5.41) is 36.8. The minimum absolute atomic E-state index is 0.0872. The molecule has 4 heterocycles. The van der Waals surface area contributed by atoms with Crippen molar-refractivity contribution in [2.24, 2.45) is 0 Å². The lowest BCUT2D eigenvalue weighted by Crippen LogP contribution is -2.25. The molecule has 7 heteroatoms. The maximum Gasteiger partial charge on any atom is 0.205 e. The van der Waals surface area contributed by atoms with E-state index in [-0.39, 0.29) is 11.8 Å². The zero-order valence-corrected chi connectivity index (χ0v) is 20.8. The molecule has 2 unspecified atom stereocenters. The van der Waals surface area contributed by atoms with Crippen molar-refractivity contribution in [1.82, 2.24) is 9.55 Å². The quantitative estimate of drug-likeness (QED) is 0.298. The Morgan fingerprint density at radius 3 is 2.66 bits per heavy atom. The van der Waals surface area contributed by atoms with Crippen LogP contribution in [0.15, 0.2) is 73.1 Å². The smallest absolute Gasteiger partial charge is 0.205 e. The van der Waals surface area contributed by atoms with Gasteiger partial charge in [-0.2, -0.15) is 5.26 Å². The van der Waals surface area contributed by atoms with Crippen LogP contribution in [0.3, 0.4) is 0 Å². The third-order valence-corrected chi connectivity index (χ3v) is 8.20. The Bertz CT molecular complexity index is 1800. The molecule has 0 spiro atoms. The van der Waals surface area contributed by atoms with E-state index in [0.29, 0.717) is 48.2 Å². The highest BCUT2D eigenvalue weighted by molar-refractivity contribution is 5.91. The van der Waals surface area contributed by atoms with Gasteiger partial charge in [0.05, 0.1) is 34.6 Å². The molecule has 188 valence electrons. The molecule has 0 amide bonds. The van der Waals surface area contributed by atoms with Gasteiger partial charge in [0.15, 0.2) is 0 Å². The lowest BCUT2D eigenvalue weighted by Gasteiger charge is -2.26. The van der Waals surface area contributed by atoms with E-state index in [1.807, 2.05) is 67.7 Å². The van der Waals surface area contributed by atoms with Crippen LogP contribution in [0, 0.1) is 11.3 Å². The van der Waals surface area contributed by atoms with Crippen molar-refractivity contribution in [1.29, 1.82) is 5.26 Å². The van der Waals surface area contributed by atoms with E-state index in [1.165, 1.54) is 4.57 Å². The molecule has 38 heavy (non-hydrogen) atoms. The van der Waals surface area contributed by atoms with E-state index in [0.717, 1.165) is 27.3 Å². The van der Waals surface area contributed by atoms with Crippen molar-refractivity contribution in [3.63, 3.8) is 0 Å². The Hall–Kier alpha value is -4.54. The Morgan fingerprint density at radius 1 is 0.974 bits per heavy atom. The van der Waals surface area contributed by atoms with Crippen LogP contribution in [0.4, 0.5) is 0 Å². The number of ether oxygens (including phenoxy) is 2. The van der Waals surface area contributed by atoms with Crippen LogP contribution in [-0.2, 0) is 15.9 Å². The van der Waals surface area contributed by atoms with Gasteiger partial charge in [0, 0.05) is 35.0 Å². The molecule has 0 aliphatic carbocycles. The van der Waals surface area contributed by atoms with E-state index < -0.39 is 11.2 Å². The summed E-state index contributed by atoms with van der Waals surface area (Å²) < 4.78 is 14.2. The SMILES string of the molecule is CC12CCC(CCOc3cccc4cnccc34)(O1)c1c2c(O)n(-c2ccc3ccccc3c2C#N)c1O. The second-order valence-electron chi connectivity index (χ2n) is 10.3. The standard InChI is InChI=1S/C31H25N3O4/c1-30-12-13-31(38-30,14-16-37-25-8-4-6-20-18-33-15-11-22(20)25)27-26(30)28(35)34(29(27)36)24-10-9-19-5-2-3-7-21(19)23(24)17-32/h2-11,15,18,35-36H,12-14,16H2,1H3. The summed E-state index contributed by atoms with van der Waals surface area (Å²) in [6, 6.07) is 21.3. The molecular formula is C31H25N3O4. The van der Waals surface area contributed by atoms with Crippen molar-refractivity contribution in [3.8, 4) is 29.3 Å². The number of aromatic hydroxyl groups is 2. The van der Waals surface area contributed by atoms with Gasteiger partial charge in [-0.3, -0.25) is 4.98 Å². The molecule has 7 nitrogen and oxygen atoms in total. The van der Waals surface area contributed by atoms with Gasteiger partial charge in [-0.25, -0.2) is 4.57 Å². The Balaban J connectivity index is 1.29. The van der Waals surface area contributed by atoms with Crippen molar-refractivity contribution < 1.29 is 19.7 Å². The lowest BCUT2D eigenvalue weighted by molar-refractivity contribution is -0.0875. The Kier molecular flexibility index (Phi) is 4.75. The predicted molar refractivity (Wildman–Crippen MR) is 143 cm³/mol. The summed E-state index contributed by atoms with van der Waals surface area (Å²) in [6.45, 7) is 2.32. The molecule has 0 saturated carbocycles. The van der Waals surface area contributed by atoms with E-state index in [1.54, 1.807) is 12.3 Å². The van der Waals surface area contributed by atoms with Crippen molar-refractivity contribution in [3.05, 3.63) is 89.7 Å². The average molecular weight is 504 g/mol. The first-order valence-corrected chi connectivity index (χ1v) is 12.7. The first kappa shape index (κ1) is 22.6. The third kappa shape index (κ3) is 3.01. The maximum atomic E-state index is 11.6. The predicted octanol–water partition coefficient (Wildman–Crippen LogP) is 6.17. The largest absolute Gasteiger partial charge is 0.494 e. The number of hydrogen-bond donors (Lipinski definition) is 2. The van der Waals surface area contributed by atoms with E-state index in [4.69, 9.17) is 9.47 Å². The van der Waals surface area contributed by atoms with Crippen LogP contribution in [0.1, 0.15) is 42.9 Å². The molecule has 5 aromatic rings. The van der Waals surface area contributed by atoms with Gasteiger partial charge in [-0.05, 0) is 43.4 Å². The van der Waals surface area contributed by atoms with Crippen LogP contribution < -0.4 is 4.74 Å². The first-order valence-electron chi connectivity index (χ1n) is 12.7. The minimum Gasteiger partial charge on any atom is -0.494 e. The van der Waals surface area contributed by atoms with Crippen molar-refractivity contribution >= 4 is 21.5 Å². The summed E-state index contributed by atoms with van der Waals surface area (Å²) in [7, 11) is 0. The fourth-order valence-electron chi connectivity index (χ4n) is 6.44. The summed E-state index contributed by atoms with van der Waals surface area (Å²) >= 11 is 0. The van der Waals surface area contributed by atoms with E-state index in [9.17, 15) is 15.5 Å². The third-order valence-electron chi connectivity index (χ3n) is 8.20. The zero-order valence-electron chi connectivity index (χ0n) is 20.8. The lowest BCUT2D eigenvalue weighted by atomic mass is 9.78. The fourth-order valence-corrected chi connectivity index (χ4v) is 6.44. The highest BCUT2D eigenvalue weighted by atomic mass is 16.5. The summed E-state index contributed by atoms with van der Waals surface area (Å²) in [6.07, 6.45) is 5.45. The van der Waals surface area contributed by atoms with Crippen LogP contribution in [-0.4, -0.2) is 26.4 Å². The molecule has 1 saturated heterocycles. The van der Waals surface area contributed by atoms with Gasteiger partial charge < -0.3 is 19.7 Å². The second kappa shape index (κ2) is 7.98. The molecule has 1 fully saturated rings. The van der Waals surface area contributed by atoms with Gasteiger partial charge >= 0.3 is 0 Å². The average Bonchev–Trinajstić information content (AvgIpc) is 3.52. The van der Waals surface area contributed by atoms with Gasteiger partial charge in [-0.1, -0.05) is 42.5 Å². The van der Waals surface area contributed by atoms with Crippen molar-refractivity contribution in [2.45, 2.75) is 37.4 Å². The molecule has 2 aliphatic heterocycles. The van der Waals surface area contributed by atoms with Crippen LogP contribution >= 0.6 is 0 Å². The zero-order chi connectivity index (χ0) is 26.1. The Labute approximate surface area is 219 Å². The highest BCUT2D eigenvalue weighted by Gasteiger charge is 2.61. The normalized spacial score (nSPS) is 21.6. The second-order valence-corrected chi connectivity index (χ2v) is 10.3. The minimum atomic E-state index is -0.799. The van der Waals surface area contributed by atoms with Crippen LogP contribution in [0.5, 0.6) is 17.5 Å². The number of pyridine rings is 1. The molecule has 3 aromatic carbocycles. The van der Waals surface area contributed by atoms with Crippen LogP contribution in [0.2, 0.25) is 0 Å². The van der Waals surface area contributed by atoms with Gasteiger partial charge in [0.2, 0.25) is 11.8 Å². The molecule has 2 aromatic heterocycles. The molecule has 2 bridgehead atoms. The molecule has 0 radical (unpaired) electrons. The molecule has 2 atom stereocenters. The Morgan fingerprint density at radius 2 is 1.79 bits per heavy atom. The number of nitriles is 1. The van der Waals surface area contributed by atoms with Gasteiger partial charge in [0.25, 0.3) is 0 Å². The summed E-state index contributed by atoms with van der Waals surface area (Å²) in [4.78, 5) is 4.18. The van der Waals surface area contributed by atoms with Crippen LogP contribution in [0.25, 0.3) is 27.2 Å². The van der Waals surface area contributed by atoms with Gasteiger partial charge in [0.1, 0.15) is 17.4 Å². The number of nitrogens with zero attached hydrogens (tertiary/aromatic N) is 3. The number of aromatic nitrogens is 2. The molecule has 2 aliphatic rings. The monoisotopic (exact) mass is 503 g/mol. The highest BCUT2D eigenvalue weighted by Crippen LogP contribution is 2.65. The van der Waals surface area contributed by atoms with E-state index >= 15 is 0 Å². The molecule has 7 rings (SSSR count).